The van der Waals surface area contributed by atoms with Crippen LogP contribution in [0, 0.1) is 11.6 Å². The first-order chi connectivity index (χ1) is 14.3. The highest BCUT2D eigenvalue weighted by Crippen LogP contribution is 2.18. The van der Waals surface area contributed by atoms with Crippen LogP contribution in [0.15, 0.2) is 53.4 Å². The van der Waals surface area contributed by atoms with Gasteiger partial charge in [-0.25, -0.2) is 17.2 Å². The third-order valence-electron chi connectivity index (χ3n) is 5.15. The summed E-state index contributed by atoms with van der Waals surface area (Å²) in [6, 6.07) is 11.1. The minimum absolute atomic E-state index is 0.0537. The second kappa shape index (κ2) is 9.63. The van der Waals surface area contributed by atoms with E-state index >= 15 is 0 Å². The number of likely N-dealkylation sites (N-methyl/N-ethyl adjacent to an activating group) is 1. The molecule has 2 aromatic rings. The van der Waals surface area contributed by atoms with Crippen LogP contribution in [0.5, 0.6) is 0 Å². The first kappa shape index (κ1) is 22.3. The summed E-state index contributed by atoms with van der Waals surface area (Å²) >= 11 is 0. The van der Waals surface area contributed by atoms with Crippen molar-refractivity contribution in [2.75, 3.05) is 39.8 Å². The monoisotopic (exact) mass is 437 g/mol. The topological polar surface area (TPSA) is 60.9 Å². The largest absolute Gasteiger partial charge is 0.340 e. The number of amides is 1. The summed E-state index contributed by atoms with van der Waals surface area (Å²) in [6.45, 7) is 1.85. The molecule has 9 heteroatoms. The van der Waals surface area contributed by atoms with Crippen LogP contribution >= 0.6 is 0 Å². The first-order valence-corrected chi connectivity index (χ1v) is 11.2. The highest BCUT2D eigenvalue weighted by Gasteiger charge is 2.27. The maximum absolute atomic E-state index is 13.8. The van der Waals surface area contributed by atoms with Crippen molar-refractivity contribution in [3.05, 3.63) is 65.7 Å². The second-order valence-corrected chi connectivity index (χ2v) is 9.27. The smallest absolute Gasteiger partial charge is 0.243 e. The number of hydrogen-bond donors (Lipinski definition) is 0. The van der Waals surface area contributed by atoms with Crippen LogP contribution in [0.25, 0.3) is 0 Å². The zero-order chi connectivity index (χ0) is 21.7. The van der Waals surface area contributed by atoms with E-state index in [0.29, 0.717) is 31.6 Å². The van der Waals surface area contributed by atoms with Crippen LogP contribution in [0.3, 0.4) is 0 Å². The van der Waals surface area contributed by atoms with E-state index in [1.807, 2.05) is 4.90 Å². The molecular weight excluding hydrogens is 412 g/mol. The molecule has 1 fully saturated rings. The molecule has 0 saturated carbocycles. The molecule has 1 heterocycles. The Labute approximate surface area is 175 Å². The zero-order valence-electron chi connectivity index (χ0n) is 16.8. The van der Waals surface area contributed by atoms with Crippen LogP contribution in [0.4, 0.5) is 8.78 Å². The lowest BCUT2D eigenvalue weighted by Gasteiger charge is -2.24. The standard InChI is InChI=1S/C21H25F2N3O3S/c1-24(15-17-5-2-3-6-20(17)23)21(27)16-25-11-4-12-26(14-13-25)30(28,29)19-9-7-18(22)8-10-19/h2-3,5-10H,4,11-16H2,1H3. The number of halogens is 2. The van der Waals surface area contributed by atoms with E-state index in [1.54, 1.807) is 25.2 Å². The van der Waals surface area contributed by atoms with E-state index in [-0.39, 0.29) is 36.3 Å². The van der Waals surface area contributed by atoms with E-state index in [1.165, 1.54) is 27.4 Å². The molecule has 2 aromatic carbocycles. The summed E-state index contributed by atoms with van der Waals surface area (Å²) in [7, 11) is -2.09. The average molecular weight is 438 g/mol. The Morgan fingerprint density at radius 3 is 2.40 bits per heavy atom. The van der Waals surface area contributed by atoms with Crippen molar-refractivity contribution in [1.29, 1.82) is 0 Å². The fourth-order valence-corrected chi connectivity index (χ4v) is 4.85. The van der Waals surface area contributed by atoms with E-state index in [4.69, 9.17) is 0 Å². The van der Waals surface area contributed by atoms with Gasteiger partial charge in [-0.1, -0.05) is 18.2 Å². The molecule has 1 amide bonds. The summed E-state index contributed by atoms with van der Waals surface area (Å²) in [5.41, 5.74) is 0.445. The Morgan fingerprint density at radius 1 is 1.00 bits per heavy atom. The zero-order valence-corrected chi connectivity index (χ0v) is 17.6. The number of carbonyl (C=O) groups is 1. The van der Waals surface area contributed by atoms with Gasteiger partial charge in [-0.15, -0.1) is 0 Å². The molecule has 30 heavy (non-hydrogen) atoms. The minimum Gasteiger partial charge on any atom is -0.340 e. The molecule has 0 atom stereocenters. The summed E-state index contributed by atoms with van der Waals surface area (Å²) < 4.78 is 53.9. The molecule has 0 unspecified atom stereocenters. The molecule has 0 N–H and O–H groups in total. The van der Waals surface area contributed by atoms with Gasteiger partial charge in [0.15, 0.2) is 0 Å². The molecule has 3 rings (SSSR count). The molecule has 1 aliphatic heterocycles. The average Bonchev–Trinajstić information content (AvgIpc) is 2.96. The predicted molar refractivity (Wildman–Crippen MR) is 109 cm³/mol. The van der Waals surface area contributed by atoms with Crippen LogP contribution in [-0.4, -0.2) is 68.2 Å². The Bertz CT molecular complexity index is 983. The van der Waals surface area contributed by atoms with E-state index in [0.717, 1.165) is 12.1 Å². The van der Waals surface area contributed by atoms with Gasteiger partial charge in [0.1, 0.15) is 11.6 Å². The summed E-state index contributed by atoms with van der Waals surface area (Å²) in [4.78, 5) is 16.0. The Hall–Kier alpha value is -2.36. The van der Waals surface area contributed by atoms with Crippen molar-refractivity contribution < 1.29 is 22.0 Å². The van der Waals surface area contributed by atoms with Gasteiger partial charge in [0.25, 0.3) is 0 Å². The van der Waals surface area contributed by atoms with Crippen LogP contribution in [-0.2, 0) is 21.4 Å². The molecule has 6 nitrogen and oxygen atoms in total. The van der Waals surface area contributed by atoms with Crippen molar-refractivity contribution in [1.82, 2.24) is 14.1 Å². The number of benzene rings is 2. The molecule has 0 aromatic heterocycles. The molecule has 0 aliphatic carbocycles. The number of rotatable bonds is 6. The van der Waals surface area contributed by atoms with E-state index < -0.39 is 15.8 Å². The highest BCUT2D eigenvalue weighted by molar-refractivity contribution is 7.89. The molecular formula is C21H25F2N3O3S. The van der Waals surface area contributed by atoms with Crippen molar-refractivity contribution in [3.63, 3.8) is 0 Å². The van der Waals surface area contributed by atoms with Crippen LogP contribution in [0.1, 0.15) is 12.0 Å². The van der Waals surface area contributed by atoms with Gasteiger partial charge >= 0.3 is 0 Å². The van der Waals surface area contributed by atoms with Gasteiger partial charge in [0.05, 0.1) is 11.4 Å². The number of hydrogen-bond acceptors (Lipinski definition) is 4. The normalized spacial score (nSPS) is 16.2. The van der Waals surface area contributed by atoms with Crippen molar-refractivity contribution in [2.45, 2.75) is 17.9 Å². The first-order valence-electron chi connectivity index (χ1n) is 9.73. The molecule has 0 radical (unpaired) electrons. The highest BCUT2D eigenvalue weighted by atomic mass is 32.2. The van der Waals surface area contributed by atoms with Gasteiger partial charge in [-0.3, -0.25) is 9.69 Å². The lowest BCUT2D eigenvalue weighted by Crippen LogP contribution is -2.40. The summed E-state index contributed by atoms with van der Waals surface area (Å²) in [5.74, 6) is -1.00. The predicted octanol–water partition coefficient (Wildman–Crippen LogP) is 2.32. The van der Waals surface area contributed by atoms with Crippen molar-refractivity contribution >= 4 is 15.9 Å². The van der Waals surface area contributed by atoms with Gasteiger partial charge in [0, 0.05) is 38.8 Å². The second-order valence-electron chi connectivity index (χ2n) is 7.33. The van der Waals surface area contributed by atoms with Gasteiger partial charge in [-0.2, -0.15) is 4.31 Å². The Kier molecular flexibility index (Phi) is 7.17. The number of sulfonamides is 1. The molecule has 162 valence electrons. The van der Waals surface area contributed by atoms with Crippen LogP contribution < -0.4 is 0 Å². The molecule has 0 bridgehead atoms. The number of nitrogens with zero attached hydrogens (tertiary/aromatic N) is 3. The van der Waals surface area contributed by atoms with Gasteiger partial charge in [-0.05, 0) is 43.3 Å². The molecule has 1 aliphatic rings. The molecule has 0 spiro atoms. The Balaban J connectivity index is 1.57. The lowest BCUT2D eigenvalue weighted by molar-refractivity contribution is -0.131. The maximum atomic E-state index is 13.8. The van der Waals surface area contributed by atoms with E-state index in [2.05, 4.69) is 0 Å². The summed E-state index contributed by atoms with van der Waals surface area (Å²) in [5, 5.41) is 0. The number of carbonyl (C=O) groups excluding carboxylic acids is 1. The van der Waals surface area contributed by atoms with Gasteiger partial charge < -0.3 is 4.90 Å². The van der Waals surface area contributed by atoms with E-state index in [9.17, 15) is 22.0 Å². The summed E-state index contributed by atoms with van der Waals surface area (Å²) in [6.07, 6.45) is 0.574. The third-order valence-corrected chi connectivity index (χ3v) is 7.06. The third kappa shape index (κ3) is 5.41. The Morgan fingerprint density at radius 2 is 1.70 bits per heavy atom. The fourth-order valence-electron chi connectivity index (χ4n) is 3.38. The lowest BCUT2D eigenvalue weighted by atomic mass is 10.2. The van der Waals surface area contributed by atoms with Crippen molar-refractivity contribution in [2.24, 2.45) is 0 Å². The maximum Gasteiger partial charge on any atom is 0.243 e. The van der Waals surface area contributed by atoms with Crippen molar-refractivity contribution in [3.8, 4) is 0 Å². The SMILES string of the molecule is CN(Cc1ccccc1F)C(=O)CN1CCCN(S(=O)(=O)c2ccc(F)cc2)CC1. The quantitative estimate of drug-likeness (QED) is 0.696. The fraction of sp³-hybridized carbons (Fsp3) is 0.381. The molecule has 1 saturated heterocycles. The van der Waals surface area contributed by atoms with Gasteiger partial charge in [0.2, 0.25) is 15.9 Å². The van der Waals surface area contributed by atoms with Crippen LogP contribution in [0.2, 0.25) is 0 Å². The minimum atomic E-state index is -3.71.